The summed E-state index contributed by atoms with van der Waals surface area (Å²) < 4.78 is 26.2. The smallest absolute Gasteiger partial charge is 0.410 e. The maximum absolute atomic E-state index is 13.7. The highest BCUT2D eigenvalue weighted by Crippen LogP contribution is 2.62. The van der Waals surface area contributed by atoms with Crippen molar-refractivity contribution in [3.8, 4) is 17.2 Å². The molecule has 1 heterocycles. The number of carbonyl (C=O) groups is 1. The van der Waals surface area contributed by atoms with Crippen LogP contribution < -0.4 is 9.47 Å². The average Bonchev–Trinajstić information content (AvgIpc) is 3.14. The number of oxime groups is 1. The van der Waals surface area contributed by atoms with Crippen LogP contribution >= 0.6 is 11.6 Å². The Morgan fingerprint density at radius 1 is 1.06 bits per heavy atom. The molecule has 3 aliphatic rings. The van der Waals surface area contributed by atoms with Crippen molar-refractivity contribution in [2.24, 2.45) is 22.9 Å². The molecule has 0 unspecified atom stereocenters. The van der Waals surface area contributed by atoms with Crippen LogP contribution in [-0.2, 0) is 14.3 Å². The van der Waals surface area contributed by atoms with Crippen LogP contribution in [0.15, 0.2) is 65.9 Å². The van der Waals surface area contributed by atoms with Crippen molar-refractivity contribution in [1.82, 2.24) is 4.90 Å². The largest absolute Gasteiger partial charge is 0.459 e. The number of allylic oxidation sites excluding steroid dienone is 1. The van der Waals surface area contributed by atoms with Gasteiger partial charge in [-0.1, -0.05) is 36.2 Å². The number of aliphatic hydroxyl groups is 2. The molecule has 2 aromatic rings. The van der Waals surface area contributed by atoms with Gasteiger partial charge in [-0.25, -0.2) is 4.79 Å². The Bertz CT molecular complexity index is 1670. The van der Waals surface area contributed by atoms with Crippen molar-refractivity contribution in [2.75, 3.05) is 39.4 Å². The predicted octanol–water partition coefficient (Wildman–Crippen LogP) is 8.84. The van der Waals surface area contributed by atoms with E-state index in [0.717, 1.165) is 53.8 Å². The van der Waals surface area contributed by atoms with Crippen LogP contribution in [0.4, 0.5) is 4.79 Å². The Labute approximate surface area is 326 Å². The highest BCUT2D eigenvalue weighted by atomic mass is 35.5. The molecule has 5 rings (SSSR count). The number of amides is 1. The first-order chi connectivity index (χ1) is 25.9. The molecule has 2 aromatic carbocycles. The van der Waals surface area contributed by atoms with E-state index in [9.17, 15) is 15.0 Å². The third-order valence-electron chi connectivity index (χ3n) is 10.8. The van der Waals surface area contributed by atoms with Gasteiger partial charge in [0.25, 0.3) is 0 Å². The first-order valence-corrected chi connectivity index (χ1v) is 19.9. The van der Waals surface area contributed by atoms with Gasteiger partial charge < -0.3 is 38.9 Å². The van der Waals surface area contributed by atoms with Crippen LogP contribution in [0.1, 0.15) is 88.3 Å². The fourth-order valence-electron chi connectivity index (χ4n) is 8.25. The number of fused-ring (bicyclic) bond motifs is 2. The molecule has 1 fully saturated rings. The van der Waals surface area contributed by atoms with Gasteiger partial charge in [-0.3, -0.25) is 0 Å². The molecule has 1 saturated carbocycles. The van der Waals surface area contributed by atoms with E-state index in [1.54, 1.807) is 18.0 Å². The molecule has 54 heavy (non-hydrogen) atoms. The summed E-state index contributed by atoms with van der Waals surface area (Å²) in [6.45, 7) is 14.4. The van der Waals surface area contributed by atoms with Crippen molar-refractivity contribution >= 4 is 23.4 Å². The van der Waals surface area contributed by atoms with E-state index in [2.05, 4.69) is 38.6 Å². The summed E-state index contributed by atoms with van der Waals surface area (Å²) in [6, 6.07) is 11.3. The van der Waals surface area contributed by atoms with Gasteiger partial charge in [0.1, 0.15) is 35.5 Å². The first-order valence-electron chi connectivity index (χ1n) is 19.3. The average molecular weight is 767 g/mol. The molecule has 2 aliphatic carbocycles. The van der Waals surface area contributed by atoms with Gasteiger partial charge in [0.05, 0.1) is 24.1 Å². The van der Waals surface area contributed by atoms with E-state index < -0.39 is 29.4 Å². The number of aliphatic hydroxyl groups excluding tert-OH is 2. The number of ether oxygens (including phenoxy) is 4. The lowest BCUT2D eigenvalue weighted by Gasteiger charge is -2.59. The molecule has 11 heteroatoms. The molecule has 0 radical (unpaired) electrons. The number of unbranched alkanes of at least 4 members (excludes halogenated alkanes) is 2. The minimum Gasteiger partial charge on any atom is -0.459 e. The van der Waals surface area contributed by atoms with Gasteiger partial charge in [-0.15, -0.1) is 18.2 Å². The molecule has 2 N–H and O–H groups in total. The van der Waals surface area contributed by atoms with Crippen molar-refractivity contribution in [3.63, 3.8) is 0 Å². The normalized spacial score (nSPS) is 25.2. The number of carbonyl (C=O) groups excluding carboxylic acids is 1. The number of benzene rings is 2. The molecule has 10 nitrogen and oxygen atoms in total. The molecule has 296 valence electrons. The second-order valence-electron chi connectivity index (χ2n) is 15.7. The summed E-state index contributed by atoms with van der Waals surface area (Å²) in [5, 5.41) is 24.5. The summed E-state index contributed by atoms with van der Waals surface area (Å²) in [5.74, 6) is 0.468. The monoisotopic (exact) mass is 766 g/mol. The zero-order chi connectivity index (χ0) is 39.0. The zero-order valence-corrected chi connectivity index (χ0v) is 33.6. The molecular weight excluding hydrogens is 708 g/mol. The SMILES string of the molecule is C=CCO[C@@]12Oc3ccc(Oc4ccc(C)c(C)c4)cc3[C@H]3[C@H](CCCCO)[C@@H](CCCCO)C=C(C(=NOC(C)(C)C)C[C@@H]1N(C)C(=O)OCCCl)[C@H]32. The standard InChI is InChI=1S/C43H59ClN2O8/c1-8-22-51-43-38(46(7)41(49)50-23-19-44)27-36(45-54-42(4,5)6)34-25-30(13-9-11-20-47)33(14-10-12-21-48)39(40(34)43)35-26-32(17-18-37(35)53-43)52-31-16-15-28(2)29(3)24-31/h8,15-18,24-26,30,33,38-40,47-48H,1,9-14,19-23,27H2,2-7H3/t30-,33+,38-,39+,40+,43+/m0/s1. The second-order valence-corrected chi connectivity index (χ2v) is 16.1. The van der Waals surface area contributed by atoms with Crippen molar-refractivity contribution in [3.05, 3.63) is 77.4 Å². The van der Waals surface area contributed by atoms with Gasteiger partial charge in [0, 0.05) is 38.2 Å². The lowest BCUT2D eigenvalue weighted by Crippen LogP contribution is -2.69. The van der Waals surface area contributed by atoms with E-state index in [1.807, 2.05) is 45.0 Å². The Hall–Kier alpha value is -3.57. The fourth-order valence-corrected chi connectivity index (χ4v) is 8.33. The van der Waals surface area contributed by atoms with Crippen LogP contribution in [0.5, 0.6) is 17.2 Å². The van der Waals surface area contributed by atoms with Crippen LogP contribution in [0, 0.1) is 31.6 Å². The molecule has 0 spiro atoms. The van der Waals surface area contributed by atoms with Crippen molar-refractivity contribution < 1.29 is 38.8 Å². The molecule has 1 amide bonds. The van der Waals surface area contributed by atoms with Crippen LogP contribution in [0.2, 0.25) is 0 Å². The summed E-state index contributed by atoms with van der Waals surface area (Å²) in [5.41, 5.74) is 4.42. The van der Waals surface area contributed by atoms with E-state index in [-0.39, 0.29) is 56.5 Å². The number of hydrogen-bond acceptors (Lipinski definition) is 9. The van der Waals surface area contributed by atoms with Gasteiger partial charge in [-0.2, -0.15) is 0 Å². The van der Waals surface area contributed by atoms with Gasteiger partial charge >= 0.3 is 6.09 Å². The summed E-state index contributed by atoms with van der Waals surface area (Å²) in [7, 11) is 1.70. The maximum Gasteiger partial charge on any atom is 0.410 e. The maximum atomic E-state index is 13.7. The lowest BCUT2D eigenvalue weighted by molar-refractivity contribution is -0.253. The third-order valence-corrected chi connectivity index (χ3v) is 11.0. The molecule has 0 saturated heterocycles. The Balaban J connectivity index is 1.76. The topological polar surface area (TPSA) is 119 Å². The second kappa shape index (κ2) is 18.4. The number of halogens is 1. The fraction of sp³-hybridized carbons (Fsp3) is 0.581. The van der Waals surface area contributed by atoms with Crippen LogP contribution in [-0.4, -0.2) is 83.7 Å². The Morgan fingerprint density at radius 2 is 1.76 bits per heavy atom. The number of alkyl halides is 1. The van der Waals surface area contributed by atoms with Crippen molar-refractivity contribution in [1.29, 1.82) is 0 Å². The van der Waals surface area contributed by atoms with E-state index in [1.165, 1.54) is 5.56 Å². The van der Waals surface area contributed by atoms with E-state index >= 15 is 0 Å². The van der Waals surface area contributed by atoms with Crippen LogP contribution in [0.3, 0.4) is 0 Å². The summed E-state index contributed by atoms with van der Waals surface area (Å²) in [4.78, 5) is 21.4. The number of likely N-dealkylation sites (N-methyl/N-ethyl adjacent to an activating group) is 1. The molecular formula is C43H59ClN2O8. The quantitative estimate of drug-likeness (QED) is 0.0710. The lowest BCUT2D eigenvalue weighted by atomic mass is 9.55. The molecule has 1 aliphatic heterocycles. The Kier molecular flexibility index (Phi) is 14.2. The molecule has 0 bridgehead atoms. The summed E-state index contributed by atoms with van der Waals surface area (Å²) in [6.07, 6.45) is 8.47. The third kappa shape index (κ3) is 9.27. The number of aryl methyl sites for hydroxylation is 2. The van der Waals surface area contributed by atoms with Crippen LogP contribution in [0.25, 0.3) is 0 Å². The highest BCUT2D eigenvalue weighted by Gasteiger charge is 2.65. The number of hydrogen-bond donors (Lipinski definition) is 2. The highest BCUT2D eigenvalue weighted by molar-refractivity contribution is 6.18. The minimum absolute atomic E-state index is 0.0542. The van der Waals surface area contributed by atoms with E-state index in [0.29, 0.717) is 24.3 Å². The van der Waals surface area contributed by atoms with Gasteiger partial charge in [-0.05, 0) is 119 Å². The molecule has 6 atom stereocenters. The zero-order valence-electron chi connectivity index (χ0n) is 32.8. The molecule has 0 aromatic heterocycles. The predicted molar refractivity (Wildman–Crippen MR) is 212 cm³/mol. The van der Waals surface area contributed by atoms with Gasteiger partial charge in [0.2, 0.25) is 5.79 Å². The van der Waals surface area contributed by atoms with E-state index in [4.69, 9.17) is 40.5 Å². The number of rotatable bonds is 17. The Morgan fingerprint density at radius 3 is 2.43 bits per heavy atom. The van der Waals surface area contributed by atoms with Gasteiger partial charge in [0.15, 0.2) is 0 Å². The first kappa shape index (κ1) is 41.6. The van der Waals surface area contributed by atoms with Crippen molar-refractivity contribution in [2.45, 2.75) is 103 Å². The summed E-state index contributed by atoms with van der Waals surface area (Å²) >= 11 is 5.94. The minimum atomic E-state index is -1.37. The number of nitrogens with zero attached hydrogens (tertiary/aromatic N) is 2.